The Labute approximate surface area is 117 Å². The zero-order valence-electron chi connectivity index (χ0n) is 10.1. The number of hydrogen-bond acceptors (Lipinski definition) is 4. The Kier molecular flexibility index (Phi) is 3.96. The number of hydrogen-bond donors (Lipinski definition) is 1. The van der Waals surface area contributed by atoms with Crippen LogP contribution < -0.4 is 5.43 Å². The van der Waals surface area contributed by atoms with Gasteiger partial charge in [0.1, 0.15) is 5.69 Å². The maximum absolute atomic E-state index is 12.7. The minimum Gasteiger partial charge on any atom is -0.266 e. The molecular weight excluding hydrogens is 291 g/mol. The van der Waals surface area contributed by atoms with Crippen molar-refractivity contribution in [3.05, 3.63) is 38.6 Å². The van der Waals surface area contributed by atoms with Crippen LogP contribution in [-0.2, 0) is 7.05 Å². The van der Waals surface area contributed by atoms with Gasteiger partial charge in [-0.15, -0.1) is 11.3 Å². The summed E-state index contributed by atoms with van der Waals surface area (Å²) >= 11 is 6.90. The van der Waals surface area contributed by atoms with Gasteiger partial charge in [-0.3, -0.25) is 9.48 Å². The third kappa shape index (κ3) is 2.99. The third-order valence-corrected chi connectivity index (χ3v) is 3.58. The first kappa shape index (κ1) is 13.7. The van der Waals surface area contributed by atoms with E-state index in [4.69, 9.17) is 11.6 Å². The van der Waals surface area contributed by atoms with Gasteiger partial charge in [0.2, 0.25) is 0 Å². The second kappa shape index (κ2) is 5.50. The Bertz CT molecular complexity index is 649. The van der Waals surface area contributed by atoms with Crippen LogP contribution in [-0.4, -0.2) is 21.9 Å². The highest BCUT2D eigenvalue weighted by molar-refractivity contribution is 7.12. The smallest absolute Gasteiger partial charge is 0.266 e. The van der Waals surface area contributed by atoms with Crippen molar-refractivity contribution in [3.63, 3.8) is 0 Å². The molecule has 0 aliphatic rings. The molecule has 0 radical (unpaired) electrons. The van der Waals surface area contributed by atoms with Gasteiger partial charge in [-0.2, -0.15) is 14.6 Å². The van der Waals surface area contributed by atoms with Gasteiger partial charge in [0.05, 0.1) is 21.8 Å². The largest absolute Gasteiger partial charge is 0.291 e. The molecule has 2 aromatic rings. The van der Waals surface area contributed by atoms with Crippen molar-refractivity contribution in [2.24, 2.45) is 12.1 Å². The van der Waals surface area contributed by atoms with Crippen LogP contribution in [0.1, 0.15) is 21.1 Å². The molecule has 0 aliphatic carbocycles. The van der Waals surface area contributed by atoms with E-state index in [-0.39, 0.29) is 15.8 Å². The molecule has 19 heavy (non-hydrogen) atoms. The standard InChI is InChI=1S/C11H10ClFN4OS/c1-6-9(12)10(17(2)16-6)11(18)15-14-5-7-3-4-8(13)19-7/h3-5H,1-2H3,(H,15,18)/b14-5+. The lowest BCUT2D eigenvalue weighted by molar-refractivity contribution is 0.0946. The lowest BCUT2D eigenvalue weighted by Crippen LogP contribution is -2.21. The molecule has 1 N–H and O–H groups in total. The number of nitrogens with zero attached hydrogens (tertiary/aromatic N) is 3. The molecular formula is C11H10ClFN4OS. The Balaban J connectivity index is 2.07. The maximum atomic E-state index is 12.7. The van der Waals surface area contributed by atoms with Crippen molar-refractivity contribution in [1.29, 1.82) is 0 Å². The monoisotopic (exact) mass is 300 g/mol. The molecule has 2 heterocycles. The van der Waals surface area contributed by atoms with Crippen molar-refractivity contribution < 1.29 is 9.18 Å². The Morgan fingerprint density at radius 3 is 2.89 bits per heavy atom. The van der Waals surface area contributed by atoms with Gasteiger partial charge in [0, 0.05) is 7.05 Å². The highest BCUT2D eigenvalue weighted by Crippen LogP contribution is 2.19. The number of hydrazone groups is 1. The van der Waals surface area contributed by atoms with Gasteiger partial charge >= 0.3 is 0 Å². The molecule has 0 saturated carbocycles. The molecule has 0 bridgehead atoms. The molecule has 100 valence electrons. The Morgan fingerprint density at radius 1 is 1.63 bits per heavy atom. The molecule has 0 fully saturated rings. The molecule has 0 aliphatic heterocycles. The van der Waals surface area contributed by atoms with Crippen LogP contribution in [0, 0.1) is 12.1 Å². The number of carbonyl (C=O) groups excluding carboxylic acids is 1. The summed E-state index contributed by atoms with van der Waals surface area (Å²) in [6.07, 6.45) is 1.36. The van der Waals surface area contributed by atoms with E-state index in [9.17, 15) is 9.18 Å². The second-order valence-corrected chi connectivity index (χ2v) is 5.16. The zero-order valence-corrected chi connectivity index (χ0v) is 11.7. The summed E-state index contributed by atoms with van der Waals surface area (Å²) in [7, 11) is 1.62. The van der Waals surface area contributed by atoms with E-state index in [1.165, 1.54) is 17.0 Å². The molecule has 0 atom stereocenters. The third-order valence-electron chi connectivity index (χ3n) is 2.32. The summed E-state index contributed by atoms with van der Waals surface area (Å²) in [6, 6.07) is 2.89. The predicted molar refractivity (Wildman–Crippen MR) is 72.3 cm³/mol. The molecule has 0 aromatic carbocycles. The van der Waals surface area contributed by atoms with Crippen molar-refractivity contribution in [1.82, 2.24) is 15.2 Å². The molecule has 2 rings (SSSR count). The molecule has 0 unspecified atom stereocenters. The zero-order chi connectivity index (χ0) is 14.0. The van der Waals surface area contributed by atoms with Gasteiger partial charge < -0.3 is 0 Å². The van der Waals surface area contributed by atoms with Crippen molar-refractivity contribution in [3.8, 4) is 0 Å². The van der Waals surface area contributed by atoms with Crippen LogP contribution in [0.25, 0.3) is 0 Å². The van der Waals surface area contributed by atoms with Crippen LogP contribution in [0.5, 0.6) is 0 Å². The fraction of sp³-hybridized carbons (Fsp3) is 0.182. The topological polar surface area (TPSA) is 59.3 Å². The predicted octanol–water partition coefficient (Wildman–Crippen LogP) is 2.35. The Morgan fingerprint density at radius 2 is 2.37 bits per heavy atom. The summed E-state index contributed by atoms with van der Waals surface area (Å²) in [4.78, 5) is 12.5. The summed E-state index contributed by atoms with van der Waals surface area (Å²) < 4.78 is 14.1. The maximum Gasteiger partial charge on any atom is 0.291 e. The first-order chi connectivity index (χ1) is 8.99. The average molecular weight is 301 g/mol. The summed E-state index contributed by atoms with van der Waals surface area (Å²) in [6.45, 7) is 1.71. The average Bonchev–Trinajstić information content (AvgIpc) is 2.84. The van der Waals surface area contributed by atoms with E-state index in [2.05, 4.69) is 15.6 Å². The van der Waals surface area contributed by atoms with Crippen molar-refractivity contribution >= 4 is 35.1 Å². The molecule has 5 nitrogen and oxygen atoms in total. The number of amides is 1. The van der Waals surface area contributed by atoms with E-state index in [1.54, 1.807) is 20.0 Å². The van der Waals surface area contributed by atoms with Crippen LogP contribution in [0.2, 0.25) is 5.02 Å². The van der Waals surface area contributed by atoms with Crippen LogP contribution in [0.4, 0.5) is 4.39 Å². The van der Waals surface area contributed by atoms with E-state index in [0.717, 1.165) is 11.3 Å². The normalized spacial score (nSPS) is 11.2. The summed E-state index contributed by atoms with van der Waals surface area (Å²) in [5.41, 5.74) is 3.12. The minimum atomic E-state index is -0.471. The quantitative estimate of drug-likeness (QED) is 0.699. The first-order valence-corrected chi connectivity index (χ1v) is 6.46. The lowest BCUT2D eigenvalue weighted by Gasteiger charge is -2.00. The molecule has 0 spiro atoms. The number of aromatic nitrogens is 2. The molecule has 2 aromatic heterocycles. The Hall–Kier alpha value is -1.73. The van der Waals surface area contributed by atoms with E-state index < -0.39 is 5.91 Å². The number of thiophene rings is 1. The van der Waals surface area contributed by atoms with Gasteiger partial charge in [-0.1, -0.05) is 11.6 Å². The molecule has 1 amide bonds. The summed E-state index contributed by atoms with van der Waals surface area (Å²) in [5.74, 6) is -0.471. The number of halogens is 2. The van der Waals surface area contributed by atoms with E-state index in [1.807, 2.05) is 0 Å². The minimum absolute atomic E-state index is 0.230. The molecule has 0 saturated heterocycles. The van der Waals surface area contributed by atoms with Gasteiger partial charge in [0.15, 0.2) is 5.13 Å². The fourth-order valence-corrected chi connectivity index (χ4v) is 2.33. The highest BCUT2D eigenvalue weighted by Gasteiger charge is 2.17. The molecule has 8 heteroatoms. The van der Waals surface area contributed by atoms with E-state index in [0.29, 0.717) is 10.6 Å². The SMILES string of the molecule is Cc1nn(C)c(C(=O)N/N=C/c2ccc(F)s2)c1Cl. The lowest BCUT2D eigenvalue weighted by atomic mass is 10.3. The van der Waals surface area contributed by atoms with Crippen LogP contribution in [0.3, 0.4) is 0 Å². The number of rotatable bonds is 3. The fourth-order valence-electron chi connectivity index (χ4n) is 1.48. The number of carbonyl (C=O) groups is 1. The van der Waals surface area contributed by atoms with Crippen LogP contribution in [0.15, 0.2) is 17.2 Å². The summed E-state index contributed by atoms with van der Waals surface area (Å²) in [5, 5.41) is 7.75. The highest BCUT2D eigenvalue weighted by atomic mass is 35.5. The van der Waals surface area contributed by atoms with E-state index >= 15 is 0 Å². The first-order valence-electron chi connectivity index (χ1n) is 5.27. The van der Waals surface area contributed by atoms with Crippen molar-refractivity contribution in [2.45, 2.75) is 6.92 Å². The van der Waals surface area contributed by atoms with Crippen LogP contribution >= 0.6 is 22.9 Å². The number of aryl methyl sites for hydroxylation is 2. The van der Waals surface area contributed by atoms with Gasteiger partial charge in [-0.05, 0) is 19.1 Å². The second-order valence-electron chi connectivity index (χ2n) is 3.71. The van der Waals surface area contributed by atoms with Gasteiger partial charge in [0.25, 0.3) is 5.91 Å². The van der Waals surface area contributed by atoms with Gasteiger partial charge in [-0.25, -0.2) is 5.43 Å². The number of nitrogens with one attached hydrogen (secondary N) is 1. The van der Waals surface area contributed by atoms with Crippen molar-refractivity contribution in [2.75, 3.05) is 0 Å².